The third kappa shape index (κ3) is 2.42. The zero-order valence-corrected chi connectivity index (χ0v) is 17.4. The van der Waals surface area contributed by atoms with Gasteiger partial charge >= 0.3 is 0 Å². The lowest BCUT2D eigenvalue weighted by molar-refractivity contribution is -0.139. The first-order valence-corrected chi connectivity index (χ1v) is 9.73. The molecular formula is C22H22N2O8. The van der Waals surface area contributed by atoms with Gasteiger partial charge in [-0.05, 0) is 43.6 Å². The van der Waals surface area contributed by atoms with E-state index in [0.29, 0.717) is 10.9 Å². The van der Waals surface area contributed by atoms with E-state index in [9.17, 15) is 39.9 Å². The Morgan fingerprint density at radius 2 is 1.78 bits per heavy atom. The van der Waals surface area contributed by atoms with Crippen molar-refractivity contribution in [3.05, 3.63) is 46.2 Å². The van der Waals surface area contributed by atoms with E-state index in [-0.39, 0.29) is 16.7 Å². The van der Waals surface area contributed by atoms with E-state index < -0.39 is 63.8 Å². The normalized spacial score (nSPS) is 27.6. The number of amides is 1. The number of phenolic OH excluding ortho intramolecular Hbond substituents is 2. The molecule has 0 saturated carbocycles. The van der Waals surface area contributed by atoms with Crippen LogP contribution >= 0.6 is 0 Å². The number of Topliss-reactive ketones (excluding diaryl/α,β-unsaturated/α-hetero) is 2. The Morgan fingerprint density at radius 3 is 2.34 bits per heavy atom. The van der Waals surface area contributed by atoms with Gasteiger partial charge in [0.05, 0.1) is 29.0 Å². The maximum Gasteiger partial charge on any atom is 0.255 e. The molecule has 0 spiro atoms. The van der Waals surface area contributed by atoms with Crippen LogP contribution in [0.2, 0.25) is 0 Å². The first kappa shape index (κ1) is 21.8. The van der Waals surface area contributed by atoms with E-state index in [2.05, 4.69) is 0 Å². The van der Waals surface area contributed by atoms with Crippen molar-refractivity contribution in [2.45, 2.75) is 24.7 Å². The fraction of sp³-hybridized carbons (Fsp3) is 0.318. The summed E-state index contributed by atoms with van der Waals surface area (Å²) in [5.74, 6) is -7.47. The highest BCUT2D eigenvalue weighted by Gasteiger charge is 2.65. The minimum Gasteiger partial charge on any atom is -0.508 e. The minimum absolute atomic E-state index is 0.0461. The fourth-order valence-electron chi connectivity index (χ4n) is 5.11. The highest BCUT2D eigenvalue weighted by atomic mass is 16.4. The number of carbonyl (C=O) groups excluding carboxylic acids is 3. The Balaban J connectivity index is 2.17. The number of nitrogens with zero attached hydrogens (tertiary/aromatic N) is 1. The summed E-state index contributed by atoms with van der Waals surface area (Å²) >= 11 is 0. The van der Waals surface area contributed by atoms with Crippen molar-refractivity contribution in [3.63, 3.8) is 0 Å². The number of hydrogen-bond donors (Lipinski definition) is 6. The molecule has 10 nitrogen and oxygen atoms in total. The van der Waals surface area contributed by atoms with E-state index >= 15 is 0 Å². The molecular weight excluding hydrogens is 420 g/mol. The van der Waals surface area contributed by atoms with Crippen molar-refractivity contribution >= 4 is 28.2 Å². The third-order valence-electron chi connectivity index (χ3n) is 6.54. The summed E-state index contributed by atoms with van der Waals surface area (Å²) in [6.07, 6.45) is -1.71. The summed E-state index contributed by atoms with van der Waals surface area (Å²) in [4.78, 5) is 39.9. The van der Waals surface area contributed by atoms with Gasteiger partial charge in [-0.25, -0.2) is 0 Å². The maximum atomic E-state index is 13.6. The van der Waals surface area contributed by atoms with Gasteiger partial charge < -0.3 is 31.3 Å². The summed E-state index contributed by atoms with van der Waals surface area (Å²) in [6, 6.07) is 2.98. The van der Waals surface area contributed by atoms with Gasteiger partial charge in [-0.2, -0.15) is 0 Å². The number of aryl methyl sites for hydroxylation is 1. The van der Waals surface area contributed by atoms with E-state index in [0.717, 1.165) is 0 Å². The SMILES string of the molecule is Cc1c2c(c(O)c3c(O)cccc13)C(=O)[C@]1(O)C(O)=C(C(N)=O)C(=O)[C@@H](N(C)C)C1[C@H]2O. The number of ketones is 2. The molecule has 32 heavy (non-hydrogen) atoms. The number of carbonyl (C=O) groups is 3. The van der Waals surface area contributed by atoms with Crippen LogP contribution in [0, 0.1) is 12.8 Å². The molecule has 1 unspecified atom stereocenters. The van der Waals surface area contributed by atoms with Gasteiger partial charge in [-0.15, -0.1) is 0 Å². The van der Waals surface area contributed by atoms with Crippen LogP contribution in [0.25, 0.3) is 10.8 Å². The van der Waals surface area contributed by atoms with Crippen molar-refractivity contribution < 1.29 is 39.9 Å². The van der Waals surface area contributed by atoms with Crippen LogP contribution in [0.4, 0.5) is 0 Å². The van der Waals surface area contributed by atoms with Gasteiger partial charge in [0, 0.05) is 0 Å². The molecule has 0 bridgehead atoms. The minimum atomic E-state index is -2.93. The van der Waals surface area contributed by atoms with Crippen LogP contribution in [0.3, 0.4) is 0 Å². The molecule has 0 radical (unpaired) electrons. The van der Waals surface area contributed by atoms with E-state index in [1.807, 2.05) is 0 Å². The van der Waals surface area contributed by atoms with Gasteiger partial charge in [-0.1, -0.05) is 12.1 Å². The zero-order chi connectivity index (χ0) is 23.9. The molecule has 10 heteroatoms. The van der Waals surface area contributed by atoms with Crippen molar-refractivity contribution in [1.82, 2.24) is 4.90 Å². The fourth-order valence-corrected chi connectivity index (χ4v) is 5.11. The Labute approximate surface area is 181 Å². The maximum absolute atomic E-state index is 13.6. The van der Waals surface area contributed by atoms with Gasteiger partial charge in [-0.3, -0.25) is 19.3 Å². The quantitative estimate of drug-likeness (QED) is 0.347. The van der Waals surface area contributed by atoms with Gasteiger partial charge in [0.1, 0.15) is 22.8 Å². The van der Waals surface area contributed by atoms with Crippen molar-refractivity contribution in [1.29, 1.82) is 0 Å². The van der Waals surface area contributed by atoms with E-state index in [4.69, 9.17) is 5.73 Å². The molecule has 4 rings (SSSR count). The number of primary amides is 1. The molecule has 2 aliphatic carbocycles. The Bertz CT molecular complexity index is 1260. The number of hydrogen-bond acceptors (Lipinski definition) is 9. The van der Waals surface area contributed by atoms with Gasteiger partial charge in [0.15, 0.2) is 11.4 Å². The van der Waals surface area contributed by atoms with E-state index in [1.54, 1.807) is 13.0 Å². The molecule has 4 atom stereocenters. The van der Waals surface area contributed by atoms with Crippen LogP contribution in [0.5, 0.6) is 11.5 Å². The average Bonchev–Trinajstić information content (AvgIpc) is 2.70. The standard InChI is InChI=1S/C22H22N2O8/c1-7-8-5-4-6-9(25)11(8)16(26)12-10(7)17(27)14-15(24(2)3)18(28)13(21(23)31)20(30)22(14,32)19(12)29/h4-6,14-15,17,25-27,30,32H,1-3H3,(H2,23,31)/t14?,15-,17-,22-/m0/s1. The first-order chi connectivity index (χ1) is 14.9. The van der Waals surface area contributed by atoms with Gasteiger partial charge in [0.2, 0.25) is 5.78 Å². The number of aromatic hydroxyl groups is 2. The molecule has 2 aromatic carbocycles. The lowest BCUT2D eigenvalue weighted by Crippen LogP contribution is -2.66. The number of rotatable bonds is 2. The summed E-state index contributed by atoms with van der Waals surface area (Å²) in [6.45, 7) is 1.56. The zero-order valence-electron chi connectivity index (χ0n) is 17.4. The summed E-state index contributed by atoms with van der Waals surface area (Å²) < 4.78 is 0. The molecule has 7 N–H and O–H groups in total. The first-order valence-electron chi connectivity index (χ1n) is 9.73. The van der Waals surface area contributed by atoms with Crippen LogP contribution in [0.15, 0.2) is 29.5 Å². The van der Waals surface area contributed by atoms with Crippen LogP contribution < -0.4 is 5.73 Å². The number of nitrogens with two attached hydrogens (primary N) is 1. The average molecular weight is 442 g/mol. The predicted molar refractivity (Wildman–Crippen MR) is 111 cm³/mol. The smallest absolute Gasteiger partial charge is 0.255 e. The molecule has 0 heterocycles. The highest BCUT2D eigenvalue weighted by molar-refractivity contribution is 6.25. The van der Waals surface area contributed by atoms with Crippen molar-refractivity contribution in [3.8, 4) is 11.5 Å². The topological polar surface area (TPSA) is 182 Å². The predicted octanol–water partition coefficient (Wildman–Crippen LogP) is -0.0533. The van der Waals surface area contributed by atoms with Gasteiger partial charge in [0.25, 0.3) is 5.91 Å². The molecule has 2 aliphatic rings. The molecule has 0 fully saturated rings. The van der Waals surface area contributed by atoms with Crippen LogP contribution in [-0.4, -0.2) is 73.6 Å². The molecule has 1 amide bonds. The largest absolute Gasteiger partial charge is 0.508 e. The number of benzene rings is 2. The number of fused-ring (bicyclic) bond motifs is 3. The summed E-state index contributed by atoms with van der Waals surface area (Å²) in [5, 5.41) is 55.0. The Hall–Kier alpha value is -3.47. The summed E-state index contributed by atoms with van der Waals surface area (Å²) in [5.41, 5.74) is 1.13. The molecule has 2 aromatic rings. The Kier molecular flexibility index (Phi) is 4.60. The van der Waals surface area contributed by atoms with E-state index in [1.165, 1.54) is 31.1 Å². The third-order valence-corrected chi connectivity index (χ3v) is 6.54. The van der Waals surface area contributed by atoms with Crippen molar-refractivity contribution in [2.75, 3.05) is 14.1 Å². The lowest BCUT2D eigenvalue weighted by atomic mass is 9.60. The second-order valence-electron chi connectivity index (χ2n) is 8.39. The lowest BCUT2D eigenvalue weighted by Gasteiger charge is -2.49. The highest BCUT2D eigenvalue weighted by Crippen LogP contribution is 2.54. The molecule has 0 aliphatic heterocycles. The van der Waals surface area contributed by atoms with Crippen LogP contribution in [-0.2, 0) is 9.59 Å². The molecule has 0 aromatic heterocycles. The summed E-state index contributed by atoms with van der Waals surface area (Å²) in [7, 11) is 2.89. The number of aliphatic hydroxyl groups excluding tert-OH is 2. The second kappa shape index (κ2) is 6.76. The van der Waals surface area contributed by atoms with Crippen molar-refractivity contribution in [2.24, 2.45) is 11.7 Å². The number of aliphatic hydroxyl groups is 3. The molecule has 168 valence electrons. The monoisotopic (exact) mass is 442 g/mol. The second-order valence-corrected chi connectivity index (χ2v) is 8.39. The Morgan fingerprint density at radius 1 is 1.16 bits per heavy atom. The van der Waals surface area contributed by atoms with Crippen LogP contribution in [0.1, 0.15) is 27.6 Å². The number of phenols is 2. The molecule has 0 saturated heterocycles. The number of likely N-dealkylation sites (N-methyl/N-ethyl adjacent to an activating group) is 1.